The molecule has 7 nitrogen and oxygen atoms in total. The molecule has 302 valence electrons. The van der Waals surface area contributed by atoms with Crippen LogP contribution in [0.3, 0.4) is 0 Å². The Morgan fingerprint density at radius 3 is 1.94 bits per heavy atom. The van der Waals surface area contributed by atoms with Gasteiger partial charge in [0, 0.05) is 55.6 Å². The van der Waals surface area contributed by atoms with Gasteiger partial charge in [0.05, 0.1) is 36.1 Å². The van der Waals surface area contributed by atoms with E-state index < -0.39 is 67.6 Å². The van der Waals surface area contributed by atoms with Crippen molar-refractivity contribution in [2.45, 2.75) is 0 Å². The Labute approximate surface area is 394 Å². The molecule has 2 aliphatic rings. The summed E-state index contributed by atoms with van der Waals surface area (Å²) in [6.07, 6.45) is 5.14. The summed E-state index contributed by atoms with van der Waals surface area (Å²) >= 11 is 0. The summed E-state index contributed by atoms with van der Waals surface area (Å²) in [7, 11) is -0.669. The van der Waals surface area contributed by atoms with Gasteiger partial charge in [0.15, 0.2) is 0 Å². The maximum Gasteiger partial charge on any atom is 0.628 e. The monoisotopic (exact) mass is 1000 g/mol. The van der Waals surface area contributed by atoms with Crippen LogP contribution in [-0.2, 0) is 21.1 Å². The molecule has 0 saturated heterocycles. The minimum atomic E-state index is -0.669. The first-order valence-corrected chi connectivity index (χ1v) is 19.8. The quantitative estimate of drug-likeness (QED) is 0.0904. The minimum Gasteiger partial charge on any atom is -0.522 e. The Morgan fingerprint density at radius 1 is 0.571 bits per heavy atom. The van der Waals surface area contributed by atoms with Crippen molar-refractivity contribution in [1.29, 1.82) is 0 Å². The second-order valence-electron chi connectivity index (χ2n) is 14.4. The summed E-state index contributed by atoms with van der Waals surface area (Å²) in [5.74, 6) is 2.09. The number of nitrogens with zero attached hydrogens (tertiary/aromatic N) is 5. The Hall–Kier alpha value is -7.67. The standard InChI is InChI=1S/C54H34BN5O2.Pt/c1-3-17-38(18-4-1)44-27-15-28-45(39-19-5-2-6-20-39)53(44)58-37-57(49-30-10-11-31-50(49)58)40-21-13-23-42(35-40)61-43-24-14-22-41(36-43)59-54-51(32-16-34-56-54)60-48-29-9-7-25-46(48)47-26-8-12-33-52(47)62-55(59)60;/h1-34H;/q-2;/i1D,2D,3D,4D,5D,6D,17D,18D,19D,20D;. The SMILES string of the molecule is [2H]c1c([2H])c([2H])c(-c2cccc(-c3c([2H])c([2H])c([2H])c([2H])c3[2H])c2-[n+]2[c-]n(-c3[c-]c(Oc4[c-]c(N5B6Oc7ccccc7-c7ccccc7N6c6cccnc65)ccc4)ccc3)c3ccccc32)c([2H])c1[2H].[Pt]. The molecular formula is C54H34BN5O2Pt-2. The van der Waals surface area contributed by atoms with E-state index in [1.165, 1.54) is 0 Å². The van der Waals surface area contributed by atoms with E-state index in [0.717, 1.165) is 22.5 Å². The molecule has 0 N–H and O–H groups in total. The molecule has 4 heterocycles. The first kappa shape index (κ1) is 28.8. The van der Waals surface area contributed by atoms with Gasteiger partial charge in [-0.15, -0.1) is 30.3 Å². The molecule has 0 amide bonds. The van der Waals surface area contributed by atoms with Gasteiger partial charge in [-0.25, -0.2) is 4.98 Å². The zero-order valence-corrected chi connectivity index (χ0v) is 35.1. The molecule has 0 spiro atoms. The van der Waals surface area contributed by atoms with Crippen molar-refractivity contribution < 1.29 is 48.7 Å². The normalized spacial score (nSPS) is 14.6. The molecule has 0 saturated carbocycles. The van der Waals surface area contributed by atoms with E-state index >= 15 is 0 Å². The molecule has 63 heavy (non-hydrogen) atoms. The predicted octanol–water partition coefficient (Wildman–Crippen LogP) is 12.2. The summed E-state index contributed by atoms with van der Waals surface area (Å²) in [5.41, 5.74) is 6.16. The van der Waals surface area contributed by atoms with Crippen molar-refractivity contribution in [3.63, 3.8) is 0 Å². The van der Waals surface area contributed by atoms with Gasteiger partial charge in [0.1, 0.15) is 11.6 Å². The van der Waals surface area contributed by atoms with E-state index in [-0.39, 0.29) is 49.0 Å². The first-order valence-electron chi connectivity index (χ1n) is 24.8. The average molecular weight is 1000 g/mol. The molecule has 0 fully saturated rings. The van der Waals surface area contributed by atoms with Gasteiger partial charge in [-0.3, -0.25) is 4.57 Å². The summed E-state index contributed by atoms with van der Waals surface area (Å²) in [6.45, 7) is 0. The fourth-order valence-electron chi connectivity index (χ4n) is 8.25. The van der Waals surface area contributed by atoms with Crippen molar-refractivity contribution >= 4 is 41.1 Å². The van der Waals surface area contributed by atoms with Crippen LogP contribution in [-0.4, -0.2) is 16.7 Å². The third-order valence-electron chi connectivity index (χ3n) is 10.9. The van der Waals surface area contributed by atoms with Crippen molar-refractivity contribution in [3.05, 3.63) is 225 Å². The van der Waals surface area contributed by atoms with Crippen molar-refractivity contribution in [2.75, 3.05) is 9.62 Å². The maximum atomic E-state index is 9.01. The van der Waals surface area contributed by atoms with Gasteiger partial charge >= 0.3 is 7.19 Å². The molecule has 12 rings (SSSR count). The van der Waals surface area contributed by atoms with Gasteiger partial charge in [0.2, 0.25) is 0 Å². The van der Waals surface area contributed by atoms with Crippen LogP contribution in [0.1, 0.15) is 13.7 Å². The molecule has 0 unspecified atom stereocenters. The molecule has 0 bridgehead atoms. The molecule has 0 aliphatic carbocycles. The van der Waals surface area contributed by atoms with E-state index in [2.05, 4.69) is 41.5 Å². The Morgan fingerprint density at radius 2 is 1.17 bits per heavy atom. The zero-order chi connectivity index (χ0) is 49.7. The summed E-state index contributed by atoms with van der Waals surface area (Å²) < 4.78 is 104. The first-order chi connectivity index (χ1) is 34.9. The number of rotatable bonds is 7. The van der Waals surface area contributed by atoms with E-state index in [4.69, 9.17) is 28.1 Å². The zero-order valence-electron chi connectivity index (χ0n) is 42.8. The fourth-order valence-corrected chi connectivity index (χ4v) is 8.25. The molecule has 0 radical (unpaired) electrons. The van der Waals surface area contributed by atoms with Crippen LogP contribution in [0.4, 0.5) is 22.9 Å². The van der Waals surface area contributed by atoms with Gasteiger partial charge in [-0.05, 0) is 52.2 Å². The van der Waals surface area contributed by atoms with Crippen molar-refractivity contribution in [1.82, 2.24) is 9.55 Å². The van der Waals surface area contributed by atoms with Crippen molar-refractivity contribution in [3.8, 4) is 62.0 Å². The van der Waals surface area contributed by atoms with Gasteiger partial charge in [0.25, 0.3) is 6.33 Å². The van der Waals surface area contributed by atoms with E-state index in [1.807, 2.05) is 71.5 Å². The molecule has 2 aromatic heterocycles. The minimum absolute atomic E-state index is 0. The topological polar surface area (TPSA) is 46.6 Å². The van der Waals surface area contributed by atoms with Crippen LogP contribution in [0.2, 0.25) is 0 Å². The van der Waals surface area contributed by atoms with Crippen LogP contribution in [0, 0.1) is 18.5 Å². The molecule has 10 aromatic rings. The molecule has 2 aliphatic heterocycles. The van der Waals surface area contributed by atoms with Crippen LogP contribution in [0.15, 0.2) is 206 Å². The summed E-state index contributed by atoms with van der Waals surface area (Å²) in [5, 5.41) is 0. The number of anilines is 4. The number of aromatic nitrogens is 3. The second-order valence-corrected chi connectivity index (χ2v) is 14.4. The number of hydrogen-bond donors (Lipinski definition) is 0. The third kappa shape index (κ3) is 6.58. The molecule has 9 heteroatoms. The number of pyridine rings is 1. The maximum absolute atomic E-state index is 9.01. The third-order valence-corrected chi connectivity index (χ3v) is 10.9. The Kier molecular flexibility index (Phi) is 7.30. The van der Waals surface area contributed by atoms with Crippen LogP contribution in [0.25, 0.3) is 55.8 Å². The Bertz CT molecular complexity index is 3770. The van der Waals surface area contributed by atoms with E-state index in [9.17, 15) is 0 Å². The van der Waals surface area contributed by atoms with E-state index in [1.54, 1.807) is 69.9 Å². The molecule has 8 aromatic carbocycles. The largest absolute Gasteiger partial charge is 0.628 e. The van der Waals surface area contributed by atoms with Crippen LogP contribution in [0.5, 0.6) is 17.2 Å². The second kappa shape index (κ2) is 16.0. The number of fused-ring (bicyclic) bond motifs is 8. The van der Waals surface area contributed by atoms with Crippen LogP contribution >= 0.6 is 0 Å². The number of para-hydroxylation sites is 5. The van der Waals surface area contributed by atoms with Crippen molar-refractivity contribution in [2.24, 2.45) is 0 Å². The smallest absolute Gasteiger partial charge is 0.522 e. The number of hydrogen-bond acceptors (Lipinski definition) is 5. The van der Waals surface area contributed by atoms with Gasteiger partial charge < -0.3 is 23.6 Å². The Balaban J connectivity index is 0.00000574. The van der Waals surface area contributed by atoms with Gasteiger partial charge in [-0.1, -0.05) is 145 Å². The van der Waals surface area contributed by atoms with Gasteiger partial charge in [-0.2, -0.15) is 18.2 Å². The number of ether oxygens (including phenoxy) is 1. The molecular weight excluding hydrogens is 957 g/mol. The number of benzene rings is 8. The summed E-state index contributed by atoms with van der Waals surface area (Å²) in [4.78, 5) is 8.96. The fraction of sp³-hybridized carbons (Fsp3) is 0. The number of imidazole rings is 1. The molecule has 0 atom stereocenters. The van der Waals surface area contributed by atoms with E-state index in [0.29, 0.717) is 45.5 Å². The van der Waals surface area contributed by atoms with Crippen LogP contribution < -0.4 is 23.6 Å². The average Bonchev–Trinajstić information content (AvgIpc) is 3.90. The predicted molar refractivity (Wildman–Crippen MR) is 245 cm³/mol. The summed E-state index contributed by atoms with van der Waals surface area (Å²) in [6, 6.07) is 44.5.